The van der Waals surface area contributed by atoms with E-state index in [9.17, 15) is 9.59 Å². The SMILES string of the molecule is C#CCOc1ccc2c(c1)CN(CC(N)=O)C2=O. The molecule has 1 heterocycles. The van der Waals surface area contributed by atoms with E-state index in [0.29, 0.717) is 17.9 Å². The largest absolute Gasteiger partial charge is 0.481 e. The predicted octanol–water partition coefficient (Wildman–Crippen LogP) is 0.140. The molecule has 0 aromatic heterocycles. The normalized spacial score (nSPS) is 13.1. The van der Waals surface area contributed by atoms with Crippen molar-refractivity contribution in [3.63, 3.8) is 0 Å². The molecular formula is C13H12N2O3. The van der Waals surface area contributed by atoms with Crippen molar-refractivity contribution in [2.24, 2.45) is 5.73 Å². The number of carbonyl (C=O) groups is 2. The minimum Gasteiger partial charge on any atom is -0.481 e. The van der Waals surface area contributed by atoms with Crippen LogP contribution in [0.25, 0.3) is 0 Å². The molecule has 0 saturated carbocycles. The van der Waals surface area contributed by atoms with Crippen LogP contribution in [0.3, 0.4) is 0 Å². The molecular weight excluding hydrogens is 232 g/mol. The number of carbonyl (C=O) groups excluding carboxylic acids is 2. The van der Waals surface area contributed by atoms with Gasteiger partial charge in [0.05, 0.1) is 6.54 Å². The Balaban J connectivity index is 2.18. The second kappa shape index (κ2) is 4.80. The summed E-state index contributed by atoms with van der Waals surface area (Å²) in [5.74, 6) is 2.26. The number of amides is 2. The van der Waals surface area contributed by atoms with Gasteiger partial charge in [-0.15, -0.1) is 6.42 Å². The van der Waals surface area contributed by atoms with E-state index < -0.39 is 5.91 Å². The zero-order valence-electron chi connectivity index (χ0n) is 9.68. The fraction of sp³-hybridized carbons (Fsp3) is 0.231. The summed E-state index contributed by atoms with van der Waals surface area (Å²) in [6.07, 6.45) is 5.10. The van der Waals surface area contributed by atoms with Crippen LogP contribution >= 0.6 is 0 Å². The zero-order chi connectivity index (χ0) is 13.1. The quantitative estimate of drug-likeness (QED) is 0.766. The Hall–Kier alpha value is -2.48. The van der Waals surface area contributed by atoms with Crippen LogP contribution in [0.2, 0.25) is 0 Å². The number of nitrogens with two attached hydrogens (primary N) is 1. The molecule has 18 heavy (non-hydrogen) atoms. The Morgan fingerprint density at radius 1 is 1.56 bits per heavy atom. The minimum atomic E-state index is -0.528. The molecule has 0 spiro atoms. The number of terminal acetylenes is 1. The van der Waals surface area contributed by atoms with E-state index in [1.165, 1.54) is 4.90 Å². The smallest absolute Gasteiger partial charge is 0.254 e. The van der Waals surface area contributed by atoms with Crippen molar-refractivity contribution >= 4 is 11.8 Å². The van der Waals surface area contributed by atoms with Crippen molar-refractivity contribution in [3.8, 4) is 18.1 Å². The summed E-state index contributed by atoms with van der Waals surface area (Å²) in [6, 6.07) is 5.11. The third kappa shape index (κ3) is 2.28. The van der Waals surface area contributed by atoms with Gasteiger partial charge in [0.2, 0.25) is 5.91 Å². The lowest BCUT2D eigenvalue weighted by atomic mass is 10.1. The Bertz CT molecular complexity index is 546. The van der Waals surface area contributed by atoms with Crippen molar-refractivity contribution in [1.29, 1.82) is 0 Å². The maximum Gasteiger partial charge on any atom is 0.254 e. The van der Waals surface area contributed by atoms with Crippen LogP contribution in [0.5, 0.6) is 5.75 Å². The van der Waals surface area contributed by atoms with E-state index in [4.69, 9.17) is 16.9 Å². The van der Waals surface area contributed by atoms with E-state index in [-0.39, 0.29) is 19.1 Å². The molecule has 0 fully saturated rings. The van der Waals surface area contributed by atoms with Gasteiger partial charge in [-0.25, -0.2) is 0 Å². The number of ether oxygens (including phenoxy) is 1. The molecule has 92 valence electrons. The number of hydrogen-bond donors (Lipinski definition) is 1. The lowest BCUT2D eigenvalue weighted by Crippen LogP contribution is -2.33. The van der Waals surface area contributed by atoms with Crippen LogP contribution in [0.1, 0.15) is 15.9 Å². The fourth-order valence-corrected chi connectivity index (χ4v) is 1.89. The highest BCUT2D eigenvalue weighted by Gasteiger charge is 2.28. The Labute approximate surface area is 105 Å². The Morgan fingerprint density at radius 3 is 3.00 bits per heavy atom. The lowest BCUT2D eigenvalue weighted by molar-refractivity contribution is -0.118. The standard InChI is InChI=1S/C13H12N2O3/c1-2-5-18-10-3-4-11-9(6-10)7-15(13(11)17)8-12(14)16/h1,3-4,6H,5,7-8H2,(H2,14,16). The van der Waals surface area contributed by atoms with Crippen LogP contribution < -0.4 is 10.5 Å². The summed E-state index contributed by atoms with van der Waals surface area (Å²) in [4.78, 5) is 24.1. The first-order valence-corrected chi connectivity index (χ1v) is 5.38. The molecule has 5 nitrogen and oxygen atoms in total. The summed E-state index contributed by atoms with van der Waals surface area (Å²) < 4.78 is 5.27. The zero-order valence-corrected chi connectivity index (χ0v) is 9.68. The minimum absolute atomic E-state index is 0.0753. The second-order valence-electron chi connectivity index (χ2n) is 3.94. The number of fused-ring (bicyclic) bond motifs is 1. The number of hydrogen-bond acceptors (Lipinski definition) is 3. The average molecular weight is 244 g/mol. The highest BCUT2D eigenvalue weighted by Crippen LogP contribution is 2.26. The van der Waals surface area contributed by atoms with E-state index in [0.717, 1.165) is 5.56 Å². The monoisotopic (exact) mass is 244 g/mol. The van der Waals surface area contributed by atoms with Gasteiger partial charge >= 0.3 is 0 Å². The summed E-state index contributed by atoms with van der Waals surface area (Å²) in [7, 11) is 0. The van der Waals surface area contributed by atoms with Crippen molar-refractivity contribution in [3.05, 3.63) is 29.3 Å². The molecule has 0 saturated heterocycles. The summed E-state index contributed by atoms with van der Waals surface area (Å²) in [5, 5.41) is 0. The molecule has 0 atom stereocenters. The Kier molecular flexibility index (Phi) is 3.20. The van der Waals surface area contributed by atoms with Gasteiger partial charge in [-0.3, -0.25) is 9.59 Å². The summed E-state index contributed by atoms with van der Waals surface area (Å²) >= 11 is 0. The van der Waals surface area contributed by atoms with Gasteiger partial charge < -0.3 is 15.4 Å². The third-order valence-electron chi connectivity index (χ3n) is 2.62. The molecule has 2 rings (SSSR count). The van der Waals surface area contributed by atoms with Crippen molar-refractivity contribution in [2.45, 2.75) is 6.54 Å². The molecule has 0 unspecified atom stereocenters. The number of benzene rings is 1. The van der Waals surface area contributed by atoms with E-state index >= 15 is 0 Å². The van der Waals surface area contributed by atoms with E-state index in [1.807, 2.05) is 0 Å². The molecule has 2 N–H and O–H groups in total. The molecule has 0 bridgehead atoms. The van der Waals surface area contributed by atoms with Crippen molar-refractivity contribution in [1.82, 2.24) is 4.90 Å². The van der Waals surface area contributed by atoms with E-state index in [2.05, 4.69) is 5.92 Å². The molecule has 2 amide bonds. The predicted molar refractivity (Wildman–Crippen MR) is 64.7 cm³/mol. The maximum absolute atomic E-state index is 11.9. The lowest BCUT2D eigenvalue weighted by Gasteiger charge is -2.12. The van der Waals surface area contributed by atoms with Gasteiger partial charge in [0.1, 0.15) is 12.4 Å². The highest BCUT2D eigenvalue weighted by atomic mass is 16.5. The first-order valence-electron chi connectivity index (χ1n) is 5.38. The molecule has 1 aromatic rings. The maximum atomic E-state index is 11.9. The van der Waals surface area contributed by atoms with E-state index in [1.54, 1.807) is 18.2 Å². The molecule has 0 radical (unpaired) electrons. The van der Waals surface area contributed by atoms with Crippen LogP contribution in [0, 0.1) is 12.3 Å². The molecule has 5 heteroatoms. The van der Waals surface area contributed by atoms with Crippen molar-refractivity contribution < 1.29 is 14.3 Å². The topological polar surface area (TPSA) is 72.6 Å². The van der Waals surface area contributed by atoms with Gasteiger partial charge in [0.15, 0.2) is 0 Å². The summed E-state index contributed by atoms with van der Waals surface area (Å²) in [5.41, 5.74) is 6.47. The van der Waals surface area contributed by atoms with Crippen LogP contribution in [-0.4, -0.2) is 29.9 Å². The van der Waals surface area contributed by atoms with Crippen LogP contribution in [0.15, 0.2) is 18.2 Å². The Morgan fingerprint density at radius 2 is 2.33 bits per heavy atom. The van der Waals surface area contributed by atoms with Gasteiger partial charge in [-0.1, -0.05) is 5.92 Å². The molecule has 1 aromatic carbocycles. The summed E-state index contributed by atoms with van der Waals surface area (Å²) in [6.45, 7) is 0.468. The first-order chi connectivity index (χ1) is 8.61. The average Bonchev–Trinajstić information content (AvgIpc) is 2.63. The first kappa shape index (κ1) is 12.0. The van der Waals surface area contributed by atoms with Gasteiger partial charge in [0.25, 0.3) is 5.91 Å². The van der Waals surface area contributed by atoms with Crippen LogP contribution in [-0.2, 0) is 11.3 Å². The van der Waals surface area contributed by atoms with Crippen LogP contribution in [0.4, 0.5) is 0 Å². The number of rotatable bonds is 4. The molecule has 0 aliphatic carbocycles. The van der Waals surface area contributed by atoms with Crippen molar-refractivity contribution in [2.75, 3.05) is 13.2 Å². The number of primary amides is 1. The van der Waals surface area contributed by atoms with Gasteiger partial charge in [-0.05, 0) is 23.8 Å². The van der Waals surface area contributed by atoms with Gasteiger partial charge in [-0.2, -0.15) is 0 Å². The molecule has 1 aliphatic heterocycles. The number of nitrogens with zero attached hydrogens (tertiary/aromatic N) is 1. The molecule has 1 aliphatic rings. The van der Waals surface area contributed by atoms with Gasteiger partial charge in [0, 0.05) is 12.1 Å². The fourth-order valence-electron chi connectivity index (χ4n) is 1.89. The second-order valence-corrected chi connectivity index (χ2v) is 3.94. The highest BCUT2D eigenvalue weighted by molar-refractivity contribution is 6.00. The third-order valence-corrected chi connectivity index (χ3v) is 2.62.